The molecule has 1 rings (SSSR count). The monoisotopic (exact) mass is 288 g/mol. The molecule has 0 saturated heterocycles. The molecule has 0 saturated carbocycles. The van der Waals surface area contributed by atoms with Crippen molar-refractivity contribution >= 4 is 21.9 Å². The zero-order valence-electron chi connectivity index (χ0n) is 8.90. The van der Waals surface area contributed by atoms with Gasteiger partial charge in [-0.1, -0.05) is 15.9 Å². The van der Waals surface area contributed by atoms with Gasteiger partial charge >= 0.3 is 5.97 Å². The van der Waals surface area contributed by atoms with E-state index in [0.717, 1.165) is 4.47 Å². The van der Waals surface area contributed by atoms with Gasteiger partial charge in [-0.3, -0.25) is 0 Å². The number of hydrogen-bond acceptors (Lipinski definition) is 3. The van der Waals surface area contributed by atoms with E-state index in [1.54, 1.807) is 12.1 Å². The zero-order chi connectivity index (χ0) is 12.0. The lowest BCUT2D eigenvalue weighted by molar-refractivity contribution is 0.0687. The molecule has 0 fully saturated rings. The number of rotatable bonds is 6. The summed E-state index contributed by atoms with van der Waals surface area (Å²) in [7, 11) is 0. The standard InChI is InChI=1S/C11H13BrO4/c1-2-15-5-6-16-10-7-8(12)3-4-9(10)11(13)14/h3-4,7H,2,5-6H2,1H3,(H,13,14). The second-order valence-electron chi connectivity index (χ2n) is 2.99. The fraction of sp³-hybridized carbons (Fsp3) is 0.364. The first-order chi connectivity index (χ1) is 7.65. The van der Waals surface area contributed by atoms with Crippen LogP contribution in [0.3, 0.4) is 0 Å². The molecule has 0 bridgehead atoms. The molecular formula is C11H13BrO4. The summed E-state index contributed by atoms with van der Waals surface area (Å²) in [5.41, 5.74) is 0.152. The van der Waals surface area contributed by atoms with Crippen molar-refractivity contribution in [2.75, 3.05) is 19.8 Å². The Bertz CT molecular complexity index is 365. The zero-order valence-corrected chi connectivity index (χ0v) is 10.5. The Balaban J connectivity index is 2.68. The van der Waals surface area contributed by atoms with Crippen molar-refractivity contribution in [3.63, 3.8) is 0 Å². The van der Waals surface area contributed by atoms with Gasteiger partial charge in [-0.15, -0.1) is 0 Å². The molecule has 1 N–H and O–H groups in total. The highest BCUT2D eigenvalue weighted by Crippen LogP contribution is 2.23. The van der Waals surface area contributed by atoms with Gasteiger partial charge in [-0.2, -0.15) is 0 Å². The first-order valence-electron chi connectivity index (χ1n) is 4.88. The molecule has 0 unspecified atom stereocenters. The molecule has 88 valence electrons. The maximum atomic E-state index is 10.9. The van der Waals surface area contributed by atoms with Gasteiger partial charge in [0.25, 0.3) is 0 Å². The number of carbonyl (C=O) groups is 1. The minimum Gasteiger partial charge on any atom is -0.490 e. The van der Waals surface area contributed by atoms with Crippen LogP contribution >= 0.6 is 15.9 Å². The Labute approximate surface area is 102 Å². The van der Waals surface area contributed by atoms with Crippen LogP contribution in [-0.4, -0.2) is 30.9 Å². The molecule has 1 aromatic rings. The predicted octanol–water partition coefficient (Wildman–Crippen LogP) is 2.56. The van der Waals surface area contributed by atoms with E-state index in [1.165, 1.54) is 6.07 Å². The van der Waals surface area contributed by atoms with Crippen molar-refractivity contribution in [3.05, 3.63) is 28.2 Å². The lowest BCUT2D eigenvalue weighted by atomic mass is 10.2. The van der Waals surface area contributed by atoms with Gasteiger partial charge in [-0.25, -0.2) is 4.79 Å². The molecule has 0 heterocycles. The summed E-state index contributed by atoms with van der Waals surface area (Å²) in [6, 6.07) is 4.80. The Morgan fingerprint density at radius 3 is 2.81 bits per heavy atom. The summed E-state index contributed by atoms with van der Waals surface area (Å²) < 4.78 is 11.2. The molecule has 4 nitrogen and oxygen atoms in total. The lowest BCUT2D eigenvalue weighted by Gasteiger charge is -2.09. The Kier molecular flexibility index (Phi) is 5.28. The van der Waals surface area contributed by atoms with Gasteiger partial charge in [0.2, 0.25) is 0 Å². The molecule has 5 heteroatoms. The average Bonchev–Trinajstić information content (AvgIpc) is 2.24. The van der Waals surface area contributed by atoms with Crippen LogP contribution in [0.4, 0.5) is 0 Å². The molecule has 0 spiro atoms. The van der Waals surface area contributed by atoms with Crippen molar-refractivity contribution in [1.82, 2.24) is 0 Å². The van der Waals surface area contributed by atoms with E-state index in [4.69, 9.17) is 14.6 Å². The Morgan fingerprint density at radius 2 is 2.19 bits per heavy atom. The first kappa shape index (κ1) is 13.0. The summed E-state index contributed by atoms with van der Waals surface area (Å²) >= 11 is 3.26. The molecule has 0 aromatic heterocycles. The summed E-state index contributed by atoms with van der Waals surface area (Å²) in [6.07, 6.45) is 0. The van der Waals surface area contributed by atoms with E-state index in [0.29, 0.717) is 25.6 Å². The summed E-state index contributed by atoms with van der Waals surface area (Å²) in [5.74, 6) is -0.652. The summed E-state index contributed by atoms with van der Waals surface area (Å²) in [4.78, 5) is 10.9. The second-order valence-corrected chi connectivity index (χ2v) is 3.91. The van der Waals surface area contributed by atoms with Gasteiger partial charge in [0, 0.05) is 11.1 Å². The van der Waals surface area contributed by atoms with Gasteiger partial charge < -0.3 is 14.6 Å². The maximum Gasteiger partial charge on any atom is 0.339 e. The van der Waals surface area contributed by atoms with Crippen molar-refractivity contribution in [2.45, 2.75) is 6.92 Å². The van der Waals surface area contributed by atoms with Crippen LogP contribution in [0.5, 0.6) is 5.75 Å². The summed E-state index contributed by atoms with van der Waals surface area (Å²) in [6.45, 7) is 3.29. The van der Waals surface area contributed by atoms with Gasteiger partial charge in [0.05, 0.1) is 6.61 Å². The number of carboxylic acid groups (broad SMARTS) is 1. The van der Waals surface area contributed by atoms with Crippen LogP contribution in [0.15, 0.2) is 22.7 Å². The Hall–Kier alpha value is -1.07. The van der Waals surface area contributed by atoms with Crippen molar-refractivity contribution in [2.24, 2.45) is 0 Å². The largest absolute Gasteiger partial charge is 0.490 e. The number of halogens is 1. The lowest BCUT2D eigenvalue weighted by Crippen LogP contribution is -2.09. The van der Waals surface area contributed by atoms with Gasteiger partial charge in [0.1, 0.15) is 17.9 Å². The molecule has 16 heavy (non-hydrogen) atoms. The third-order valence-corrected chi connectivity index (χ3v) is 2.36. The van der Waals surface area contributed by atoms with Crippen LogP contribution in [0, 0.1) is 0 Å². The highest BCUT2D eigenvalue weighted by atomic mass is 79.9. The van der Waals surface area contributed by atoms with E-state index in [2.05, 4.69) is 15.9 Å². The normalized spacial score (nSPS) is 10.1. The molecule has 1 aromatic carbocycles. The summed E-state index contributed by atoms with van der Waals surface area (Å²) in [5, 5.41) is 8.93. The Morgan fingerprint density at radius 1 is 1.44 bits per heavy atom. The number of hydrogen-bond donors (Lipinski definition) is 1. The van der Waals surface area contributed by atoms with E-state index >= 15 is 0 Å². The van der Waals surface area contributed by atoms with Crippen molar-refractivity contribution in [1.29, 1.82) is 0 Å². The molecule has 0 aliphatic carbocycles. The maximum absolute atomic E-state index is 10.9. The van der Waals surface area contributed by atoms with Crippen LogP contribution < -0.4 is 4.74 Å². The number of benzene rings is 1. The van der Waals surface area contributed by atoms with E-state index in [9.17, 15) is 4.79 Å². The minimum absolute atomic E-state index is 0.152. The smallest absolute Gasteiger partial charge is 0.339 e. The highest BCUT2D eigenvalue weighted by Gasteiger charge is 2.11. The quantitative estimate of drug-likeness (QED) is 0.818. The third-order valence-electron chi connectivity index (χ3n) is 1.86. The molecule has 0 aliphatic rings. The molecular weight excluding hydrogens is 276 g/mol. The number of ether oxygens (including phenoxy) is 2. The number of carboxylic acids is 1. The van der Waals surface area contributed by atoms with Crippen LogP contribution in [0.25, 0.3) is 0 Å². The van der Waals surface area contributed by atoms with E-state index < -0.39 is 5.97 Å². The first-order valence-corrected chi connectivity index (χ1v) is 5.68. The van der Waals surface area contributed by atoms with Crippen molar-refractivity contribution in [3.8, 4) is 5.75 Å². The molecule has 0 atom stereocenters. The predicted molar refractivity (Wildman–Crippen MR) is 63.1 cm³/mol. The fourth-order valence-corrected chi connectivity index (χ4v) is 1.49. The SMILES string of the molecule is CCOCCOc1cc(Br)ccc1C(=O)O. The minimum atomic E-state index is -1.00. The molecule has 0 aliphatic heterocycles. The van der Waals surface area contributed by atoms with Crippen LogP contribution in [0.1, 0.15) is 17.3 Å². The van der Waals surface area contributed by atoms with Crippen LogP contribution in [-0.2, 0) is 4.74 Å². The number of aromatic carboxylic acids is 1. The molecule has 0 radical (unpaired) electrons. The topological polar surface area (TPSA) is 55.8 Å². The second kappa shape index (κ2) is 6.50. The van der Waals surface area contributed by atoms with Crippen molar-refractivity contribution < 1.29 is 19.4 Å². The molecule has 0 amide bonds. The average molecular weight is 289 g/mol. The van der Waals surface area contributed by atoms with E-state index in [-0.39, 0.29) is 5.56 Å². The third kappa shape index (κ3) is 3.83. The van der Waals surface area contributed by atoms with Crippen LogP contribution in [0.2, 0.25) is 0 Å². The van der Waals surface area contributed by atoms with E-state index in [1.807, 2.05) is 6.92 Å². The fourth-order valence-electron chi connectivity index (χ4n) is 1.15. The highest BCUT2D eigenvalue weighted by molar-refractivity contribution is 9.10. The van der Waals surface area contributed by atoms with Gasteiger partial charge in [-0.05, 0) is 25.1 Å². The van der Waals surface area contributed by atoms with Gasteiger partial charge in [0.15, 0.2) is 0 Å².